The minimum Gasteiger partial charge on any atom is -0.362 e. The van der Waals surface area contributed by atoms with E-state index >= 15 is 0 Å². The van der Waals surface area contributed by atoms with E-state index in [1.165, 1.54) is 6.33 Å². The van der Waals surface area contributed by atoms with Gasteiger partial charge in [-0.25, -0.2) is 9.97 Å². The lowest BCUT2D eigenvalue weighted by molar-refractivity contribution is -0.118. The number of amides is 1. The normalized spacial score (nSPS) is 17.6. The lowest BCUT2D eigenvalue weighted by Crippen LogP contribution is -2.43. The molecule has 0 bridgehead atoms. The number of benzene rings is 1. The second-order valence-electron chi connectivity index (χ2n) is 7.49. The van der Waals surface area contributed by atoms with Gasteiger partial charge in [0.05, 0.1) is 6.04 Å². The summed E-state index contributed by atoms with van der Waals surface area (Å²) in [6.07, 6.45) is 6.47. The molecule has 3 unspecified atom stereocenters. The summed E-state index contributed by atoms with van der Waals surface area (Å²) in [5.74, 6) is 1.43. The summed E-state index contributed by atoms with van der Waals surface area (Å²) in [5, 5.41) is 9.69. The van der Waals surface area contributed by atoms with Crippen molar-refractivity contribution in [3.8, 4) is 5.69 Å². The van der Waals surface area contributed by atoms with Crippen molar-refractivity contribution in [3.05, 3.63) is 60.7 Å². The molecular weight excluding hydrogens is 364 g/mol. The van der Waals surface area contributed by atoms with Crippen LogP contribution in [0, 0.1) is 5.92 Å². The molecule has 29 heavy (non-hydrogen) atoms. The number of nitrogens with zero attached hydrogens (tertiary/aromatic N) is 3. The highest BCUT2D eigenvalue weighted by molar-refractivity contribution is 6.05. The maximum absolute atomic E-state index is 12.6. The molecule has 0 spiro atoms. The summed E-state index contributed by atoms with van der Waals surface area (Å²) in [7, 11) is 0. The van der Waals surface area contributed by atoms with Crippen LogP contribution in [0.4, 0.5) is 17.3 Å². The molecule has 0 radical (unpaired) electrons. The average molecular weight is 390 g/mol. The van der Waals surface area contributed by atoms with Crippen LogP contribution in [0.5, 0.6) is 0 Å². The van der Waals surface area contributed by atoms with E-state index < -0.39 is 0 Å². The Morgan fingerprint density at radius 1 is 1.17 bits per heavy atom. The van der Waals surface area contributed by atoms with Gasteiger partial charge in [-0.2, -0.15) is 0 Å². The lowest BCUT2D eigenvalue weighted by atomic mass is 9.97. The maximum atomic E-state index is 12.6. The molecule has 2 aromatic heterocycles. The van der Waals surface area contributed by atoms with E-state index in [9.17, 15) is 4.79 Å². The number of hydrogen-bond donors (Lipinski definition) is 3. The summed E-state index contributed by atoms with van der Waals surface area (Å²) in [4.78, 5) is 21.3. The molecule has 0 aliphatic carbocycles. The molecule has 1 aromatic carbocycles. The zero-order chi connectivity index (χ0) is 20.4. The first kappa shape index (κ1) is 19.0. The van der Waals surface area contributed by atoms with Gasteiger partial charge in [0.15, 0.2) is 11.6 Å². The Labute approximate surface area is 170 Å². The van der Waals surface area contributed by atoms with E-state index in [2.05, 4.69) is 69.5 Å². The standard InChI is InChI=1S/C22H26N6O/c1-4-14(2)18-22(29)27-19-20(23-13-24-21(19)26-18)25-15(3)16-8-7-9-17(12-16)28-10-5-6-11-28/h5-15,18H,4H2,1-3H3,(H,27,29)(H2,23,24,25,26). The molecule has 0 saturated heterocycles. The van der Waals surface area contributed by atoms with Crippen molar-refractivity contribution in [1.29, 1.82) is 0 Å². The average Bonchev–Trinajstić information content (AvgIpc) is 3.28. The Balaban J connectivity index is 1.57. The third-order valence-electron chi connectivity index (χ3n) is 5.51. The molecule has 7 nitrogen and oxygen atoms in total. The largest absolute Gasteiger partial charge is 0.362 e. The van der Waals surface area contributed by atoms with Gasteiger partial charge in [-0.15, -0.1) is 0 Å². The van der Waals surface area contributed by atoms with E-state index in [1.54, 1.807) is 0 Å². The molecular formula is C22H26N6O. The van der Waals surface area contributed by atoms with E-state index in [-0.39, 0.29) is 23.9 Å². The van der Waals surface area contributed by atoms with Gasteiger partial charge >= 0.3 is 0 Å². The lowest BCUT2D eigenvalue weighted by Gasteiger charge is -2.30. The fourth-order valence-electron chi connectivity index (χ4n) is 3.52. The zero-order valence-electron chi connectivity index (χ0n) is 16.9. The highest BCUT2D eigenvalue weighted by Crippen LogP contribution is 2.34. The van der Waals surface area contributed by atoms with Gasteiger partial charge in [0.25, 0.3) is 0 Å². The van der Waals surface area contributed by atoms with E-state index in [0.717, 1.165) is 17.7 Å². The minimum absolute atomic E-state index is 0.00583. The monoisotopic (exact) mass is 390 g/mol. The maximum Gasteiger partial charge on any atom is 0.247 e. The van der Waals surface area contributed by atoms with Crippen LogP contribution in [0.15, 0.2) is 55.1 Å². The van der Waals surface area contributed by atoms with Crippen LogP contribution >= 0.6 is 0 Å². The van der Waals surface area contributed by atoms with Gasteiger partial charge in [0, 0.05) is 18.1 Å². The minimum atomic E-state index is -0.286. The quantitative estimate of drug-likeness (QED) is 0.587. The van der Waals surface area contributed by atoms with Crippen LogP contribution in [0.1, 0.15) is 38.8 Å². The number of carbonyl (C=O) groups is 1. The molecule has 0 saturated carbocycles. The smallest absolute Gasteiger partial charge is 0.247 e. The van der Waals surface area contributed by atoms with Crippen molar-refractivity contribution in [1.82, 2.24) is 14.5 Å². The highest BCUT2D eigenvalue weighted by Gasteiger charge is 2.32. The molecule has 7 heteroatoms. The van der Waals surface area contributed by atoms with E-state index in [0.29, 0.717) is 17.3 Å². The number of nitrogens with one attached hydrogen (secondary N) is 3. The first-order valence-electron chi connectivity index (χ1n) is 9.99. The van der Waals surface area contributed by atoms with Crippen molar-refractivity contribution in [2.45, 2.75) is 39.3 Å². The molecule has 3 N–H and O–H groups in total. The van der Waals surface area contributed by atoms with E-state index in [1.807, 2.05) is 30.6 Å². The molecule has 4 rings (SSSR count). The van der Waals surface area contributed by atoms with Crippen LogP contribution in [0.2, 0.25) is 0 Å². The predicted molar refractivity (Wildman–Crippen MR) is 115 cm³/mol. The first-order valence-corrected chi connectivity index (χ1v) is 9.99. The van der Waals surface area contributed by atoms with Crippen LogP contribution < -0.4 is 16.0 Å². The number of fused-ring (bicyclic) bond motifs is 1. The highest BCUT2D eigenvalue weighted by atomic mass is 16.2. The number of hydrogen-bond acceptors (Lipinski definition) is 5. The van der Waals surface area contributed by atoms with Gasteiger partial charge in [-0.05, 0) is 42.7 Å². The molecule has 1 aliphatic heterocycles. The Bertz CT molecular complexity index is 1000. The van der Waals surface area contributed by atoms with E-state index in [4.69, 9.17) is 0 Å². The van der Waals surface area contributed by atoms with Gasteiger partial charge < -0.3 is 20.5 Å². The van der Waals surface area contributed by atoms with Crippen LogP contribution in [0.3, 0.4) is 0 Å². The second kappa shape index (κ2) is 7.95. The molecule has 150 valence electrons. The molecule has 3 atom stereocenters. The summed E-state index contributed by atoms with van der Waals surface area (Å²) in [6.45, 7) is 6.21. The molecule has 3 aromatic rings. The number of rotatable bonds is 6. The van der Waals surface area contributed by atoms with Crippen molar-refractivity contribution >= 4 is 23.2 Å². The Hall–Kier alpha value is -3.35. The summed E-state index contributed by atoms with van der Waals surface area (Å²) in [5.41, 5.74) is 2.82. The fraction of sp³-hybridized carbons (Fsp3) is 0.318. The molecule has 3 heterocycles. The second-order valence-corrected chi connectivity index (χ2v) is 7.49. The van der Waals surface area contributed by atoms with Gasteiger partial charge in [-0.3, -0.25) is 4.79 Å². The SMILES string of the molecule is CCC(C)C1Nc2ncnc(NC(C)c3cccc(-n4cccc4)c3)c2NC1=O. The fourth-order valence-corrected chi connectivity index (χ4v) is 3.52. The summed E-state index contributed by atoms with van der Waals surface area (Å²) in [6, 6.07) is 12.0. The van der Waals surface area contributed by atoms with Crippen molar-refractivity contribution in [2.24, 2.45) is 5.92 Å². The summed E-state index contributed by atoms with van der Waals surface area (Å²) < 4.78 is 2.07. The molecule has 1 aliphatic rings. The summed E-state index contributed by atoms with van der Waals surface area (Å²) >= 11 is 0. The zero-order valence-corrected chi connectivity index (χ0v) is 16.9. The van der Waals surface area contributed by atoms with Crippen molar-refractivity contribution in [2.75, 3.05) is 16.0 Å². The third-order valence-corrected chi connectivity index (χ3v) is 5.51. The number of anilines is 3. The Morgan fingerprint density at radius 3 is 2.72 bits per heavy atom. The van der Waals surface area contributed by atoms with Gasteiger partial charge in [0.2, 0.25) is 5.91 Å². The van der Waals surface area contributed by atoms with Crippen molar-refractivity contribution in [3.63, 3.8) is 0 Å². The molecule has 0 fully saturated rings. The van der Waals surface area contributed by atoms with Gasteiger partial charge in [-0.1, -0.05) is 32.4 Å². The molecule has 1 amide bonds. The third kappa shape index (κ3) is 3.81. The van der Waals surface area contributed by atoms with Crippen molar-refractivity contribution < 1.29 is 4.79 Å². The Morgan fingerprint density at radius 2 is 1.97 bits per heavy atom. The topological polar surface area (TPSA) is 83.9 Å². The number of carbonyl (C=O) groups excluding carboxylic acids is 1. The number of aromatic nitrogens is 3. The van der Waals surface area contributed by atoms with Crippen LogP contribution in [0.25, 0.3) is 5.69 Å². The van der Waals surface area contributed by atoms with Crippen LogP contribution in [-0.2, 0) is 4.79 Å². The van der Waals surface area contributed by atoms with Gasteiger partial charge in [0.1, 0.15) is 18.1 Å². The Kier molecular flexibility index (Phi) is 5.20. The predicted octanol–water partition coefficient (Wildman–Crippen LogP) is 4.22. The first-order chi connectivity index (χ1) is 14.1. The van der Waals surface area contributed by atoms with Crippen LogP contribution in [-0.4, -0.2) is 26.5 Å².